The molecule has 0 spiro atoms. The summed E-state index contributed by atoms with van der Waals surface area (Å²) >= 11 is 0. The Balaban J connectivity index is 5.25. The van der Waals surface area contributed by atoms with Gasteiger partial charge in [0.1, 0.15) is 18.6 Å². The number of nitrogens with one attached hydrogen (secondary N) is 3. The Morgan fingerprint density at radius 2 is 1.59 bits per heavy atom. The summed E-state index contributed by atoms with van der Waals surface area (Å²) in [5.74, 6) is -4.13. The fourth-order valence-corrected chi connectivity index (χ4v) is 2.09. The molecule has 4 unspecified atom stereocenters. The summed E-state index contributed by atoms with van der Waals surface area (Å²) in [6.07, 6.45) is 0.309. The van der Waals surface area contributed by atoms with E-state index in [4.69, 9.17) is 16.6 Å². The Hall–Kier alpha value is -2.69. The van der Waals surface area contributed by atoms with Crippen LogP contribution in [0.15, 0.2) is 0 Å². The van der Waals surface area contributed by atoms with Crippen molar-refractivity contribution in [2.45, 2.75) is 58.2 Å². The Morgan fingerprint density at radius 3 is 2.04 bits per heavy atom. The molecule has 0 radical (unpaired) electrons. The molecule has 0 saturated heterocycles. The summed E-state index contributed by atoms with van der Waals surface area (Å²) < 4.78 is 0. The van der Waals surface area contributed by atoms with Crippen molar-refractivity contribution in [2.24, 2.45) is 17.4 Å². The summed E-state index contributed by atoms with van der Waals surface area (Å²) in [5, 5.41) is 15.8. The molecule has 0 saturated carbocycles. The van der Waals surface area contributed by atoms with Crippen molar-refractivity contribution < 1.29 is 29.1 Å². The third-order valence-electron chi connectivity index (χ3n) is 3.93. The van der Waals surface area contributed by atoms with E-state index >= 15 is 0 Å². The average molecular weight is 387 g/mol. The lowest BCUT2D eigenvalue weighted by molar-refractivity contribution is -0.139. The van der Waals surface area contributed by atoms with Crippen molar-refractivity contribution in [3.63, 3.8) is 0 Å². The zero-order valence-corrected chi connectivity index (χ0v) is 15.8. The largest absolute Gasteiger partial charge is 0.480 e. The first-order chi connectivity index (χ1) is 12.5. The number of amides is 4. The van der Waals surface area contributed by atoms with Gasteiger partial charge in [-0.25, -0.2) is 0 Å². The molecule has 8 N–H and O–H groups in total. The van der Waals surface area contributed by atoms with Gasteiger partial charge >= 0.3 is 5.97 Å². The first-order valence-corrected chi connectivity index (χ1v) is 8.63. The molecule has 11 heteroatoms. The summed E-state index contributed by atoms with van der Waals surface area (Å²) in [4.78, 5) is 58.3. The molecular weight excluding hydrogens is 358 g/mol. The van der Waals surface area contributed by atoms with E-state index in [2.05, 4.69) is 16.0 Å². The van der Waals surface area contributed by atoms with Crippen LogP contribution in [-0.2, 0) is 24.0 Å². The van der Waals surface area contributed by atoms with Gasteiger partial charge in [0.05, 0.1) is 6.04 Å². The monoisotopic (exact) mass is 387 g/mol. The quantitative estimate of drug-likeness (QED) is 0.219. The van der Waals surface area contributed by atoms with Gasteiger partial charge in [-0.1, -0.05) is 20.3 Å². The number of carbonyl (C=O) groups excluding carboxylic acids is 4. The van der Waals surface area contributed by atoms with Crippen LogP contribution >= 0.6 is 0 Å². The van der Waals surface area contributed by atoms with Crippen molar-refractivity contribution in [3.05, 3.63) is 0 Å². The second-order valence-electron chi connectivity index (χ2n) is 6.34. The highest BCUT2D eigenvalue weighted by Gasteiger charge is 2.30. The highest BCUT2D eigenvalue weighted by Crippen LogP contribution is 2.09. The fraction of sp³-hybridized carbons (Fsp3) is 0.688. The number of carbonyl (C=O) groups is 5. The van der Waals surface area contributed by atoms with Gasteiger partial charge < -0.3 is 32.5 Å². The maximum atomic E-state index is 12.6. The maximum Gasteiger partial charge on any atom is 0.322 e. The van der Waals surface area contributed by atoms with E-state index in [1.807, 2.05) is 0 Å². The molecule has 4 amide bonds. The third-order valence-corrected chi connectivity index (χ3v) is 3.93. The Labute approximate surface area is 157 Å². The summed E-state index contributed by atoms with van der Waals surface area (Å²) in [5.41, 5.74) is 10.6. The number of carboxylic acid groups (broad SMARTS) is 1. The van der Waals surface area contributed by atoms with E-state index in [0.717, 1.165) is 0 Å². The van der Waals surface area contributed by atoms with E-state index in [-0.39, 0.29) is 18.8 Å². The molecule has 0 bridgehead atoms. The van der Waals surface area contributed by atoms with Crippen LogP contribution in [0, 0.1) is 5.92 Å². The lowest BCUT2D eigenvalue weighted by Crippen LogP contribution is -2.57. The van der Waals surface area contributed by atoms with Crippen molar-refractivity contribution in [3.8, 4) is 0 Å². The molecule has 4 atom stereocenters. The predicted molar refractivity (Wildman–Crippen MR) is 96.0 cm³/mol. The van der Waals surface area contributed by atoms with Gasteiger partial charge in [0, 0.05) is 6.42 Å². The van der Waals surface area contributed by atoms with Crippen molar-refractivity contribution in [2.75, 3.05) is 6.54 Å². The van der Waals surface area contributed by atoms with Gasteiger partial charge in [-0.3, -0.25) is 24.0 Å². The molecule has 0 aromatic carbocycles. The van der Waals surface area contributed by atoms with E-state index in [0.29, 0.717) is 6.42 Å². The predicted octanol–water partition coefficient (Wildman–Crippen LogP) is -2.18. The molecule has 27 heavy (non-hydrogen) atoms. The molecule has 0 rings (SSSR count). The number of carboxylic acids is 1. The van der Waals surface area contributed by atoms with Gasteiger partial charge in [-0.05, 0) is 19.3 Å². The Morgan fingerprint density at radius 1 is 1.00 bits per heavy atom. The van der Waals surface area contributed by atoms with E-state index in [9.17, 15) is 24.0 Å². The van der Waals surface area contributed by atoms with Crippen molar-refractivity contribution in [1.82, 2.24) is 16.0 Å². The second-order valence-corrected chi connectivity index (χ2v) is 6.34. The first-order valence-electron chi connectivity index (χ1n) is 8.63. The highest BCUT2D eigenvalue weighted by molar-refractivity contribution is 5.94. The van der Waals surface area contributed by atoms with Crippen molar-refractivity contribution >= 4 is 29.6 Å². The smallest absolute Gasteiger partial charge is 0.322 e. The third kappa shape index (κ3) is 9.54. The highest BCUT2D eigenvalue weighted by atomic mass is 16.4. The molecule has 0 aliphatic carbocycles. The van der Waals surface area contributed by atoms with Gasteiger partial charge in [-0.2, -0.15) is 0 Å². The van der Waals surface area contributed by atoms with E-state index < -0.39 is 54.3 Å². The number of nitrogens with two attached hydrogens (primary N) is 2. The molecule has 11 nitrogen and oxygen atoms in total. The van der Waals surface area contributed by atoms with Crippen LogP contribution in [0.25, 0.3) is 0 Å². The van der Waals surface area contributed by atoms with Crippen LogP contribution in [0.4, 0.5) is 0 Å². The minimum atomic E-state index is -1.22. The van der Waals surface area contributed by atoms with Crippen LogP contribution < -0.4 is 27.4 Å². The van der Waals surface area contributed by atoms with Gasteiger partial charge in [0.15, 0.2) is 0 Å². The summed E-state index contributed by atoms with van der Waals surface area (Å²) in [7, 11) is 0. The summed E-state index contributed by atoms with van der Waals surface area (Å²) in [6, 6.07) is -3.00. The maximum absolute atomic E-state index is 12.6. The van der Waals surface area contributed by atoms with E-state index in [1.165, 1.54) is 6.92 Å². The number of primary amides is 1. The number of hydrogen-bond acceptors (Lipinski definition) is 6. The van der Waals surface area contributed by atoms with Crippen molar-refractivity contribution in [1.29, 1.82) is 0 Å². The van der Waals surface area contributed by atoms with Crippen LogP contribution in [0.1, 0.15) is 40.0 Å². The molecule has 0 heterocycles. The Kier molecular flexibility index (Phi) is 10.7. The molecule has 0 fully saturated rings. The summed E-state index contributed by atoms with van der Waals surface area (Å²) in [6.45, 7) is 4.36. The zero-order chi connectivity index (χ0) is 21.1. The molecule has 0 aromatic rings. The van der Waals surface area contributed by atoms with Crippen LogP contribution in [0.2, 0.25) is 0 Å². The van der Waals surface area contributed by atoms with Crippen LogP contribution in [0.5, 0.6) is 0 Å². The van der Waals surface area contributed by atoms with Crippen LogP contribution in [0.3, 0.4) is 0 Å². The minimum Gasteiger partial charge on any atom is -0.480 e. The number of hydrogen-bond donors (Lipinski definition) is 6. The standard InChI is InChI=1S/C16H29N5O6/c1-4-8(2)13(16(27)19-7-12(23)24)21-15(26)10(5-6-11(18)22)20-14(25)9(3)17/h8-10,13H,4-7,17H2,1-3H3,(H2,18,22)(H,19,27)(H,20,25)(H,21,26)(H,23,24). The average Bonchev–Trinajstić information content (AvgIpc) is 2.59. The zero-order valence-electron chi connectivity index (χ0n) is 15.8. The molecule has 0 aliphatic heterocycles. The normalized spacial score (nSPS) is 15.0. The number of aliphatic carboxylic acids is 1. The molecule has 0 aromatic heterocycles. The number of rotatable bonds is 12. The van der Waals surface area contributed by atoms with E-state index in [1.54, 1.807) is 13.8 Å². The van der Waals surface area contributed by atoms with Gasteiger partial charge in [0.25, 0.3) is 0 Å². The van der Waals surface area contributed by atoms with Gasteiger partial charge in [0.2, 0.25) is 23.6 Å². The lowest BCUT2D eigenvalue weighted by atomic mass is 9.97. The minimum absolute atomic E-state index is 0.0659. The molecule has 154 valence electrons. The Bertz CT molecular complexity index is 566. The fourth-order valence-electron chi connectivity index (χ4n) is 2.09. The molecule has 0 aliphatic rings. The molecular formula is C16H29N5O6. The first kappa shape index (κ1) is 24.3. The van der Waals surface area contributed by atoms with Gasteiger partial charge in [-0.15, -0.1) is 0 Å². The topological polar surface area (TPSA) is 194 Å². The SMILES string of the molecule is CCC(C)C(NC(=O)C(CCC(N)=O)NC(=O)C(C)N)C(=O)NCC(=O)O. The van der Waals surface area contributed by atoms with Crippen LogP contribution in [-0.4, -0.2) is 59.4 Å². The lowest BCUT2D eigenvalue weighted by Gasteiger charge is -2.26. The second kappa shape index (κ2) is 11.8.